The van der Waals surface area contributed by atoms with Gasteiger partial charge in [-0.05, 0) is 42.9 Å². The topological polar surface area (TPSA) is 74.6 Å². The zero-order valence-corrected chi connectivity index (χ0v) is 15.0. The van der Waals surface area contributed by atoms with Crippen molar-refractivity contribution in [3.63, 3.8) is 0 Å². The lowest BCUT2D eigenvalue weighted by Crippen LogP contribution is -2.29. The van der Waals surface area contributed by atoms with E-state index in [1.54, 1.807) is 36.4 Å². The number of nitrogens with zero attached hydrogens (tertiary/aromatic N) is 1. The molecule has 2 N–H and O–H groups in total. The lowest BCUT2D eigenvalue weighted by molar-refractivity contribution is -0.117. The summed E-state index contributed by atoms with van der Waals surface area (Å²) in [7, 11) is 1.90. The van der Waals surface area contributed by atoms with Gasteiger partial charge in [0.1, 0.15) is 0 Å². The van der Waals surface area contributed by atoms with E-state index in [9.17, 15) is 9.59 Å². The van der Waals surface area contributed by atoms with Crippen molar-refractivity contribution in [2.45, 2.75) is 6.54 Å². The fraction of sp³-hybridized carbons (Fsp3) is 0.143. The first-order valence-electron chi connectivity index (χ1n) is 8.57. The number of anilines is 2. The van der Waals surface area contributed by atoms with Gasteiger partial charge in [-0.3, -0.25) is 14.5 Å². The third-order valence-electron chi connectivity index (χ3n) is 3.86. The van der Waals surface area contributed by atoms with E-state index in [4.69, 9.17) is 4.42 Å². The van der Waals surface area contributed by atoms with Crippen molar-refractivity contribution < 1.29 is 14.0 Å². The second-order valence-electron chi connectivity index (χ2n) is 6.22. The van der Waals surface area contributed by atoms with Crippen LogP contribution in [0.3, 0.4) is 0 Å². The van der Waals surface area contributed by atoms with Crippen LogP contribution in [0.15, 0.2) is 77.4 Å². The van der Waals surface area contributed by atoms with Crippen LogP contribution in [-0.4, -0.2) is 30.3 Å². The lowest BCUT2D eigenvalue weighted by atomic mass is 10.2. The van der Waals surface area contributed by atoms with Crippen molar-refractivity contribution in [1.82, 2.24) is 4.90 Å². The summed E-state index contributed by atoms with van der Waals surface area (Å²) in [6.45, 7) is 0.950. The molecule has 0 atom stereocenters. The maximum absolute atomic E-state index is 12.3. The number of hydrogen-bond donors (Lipinski definition) is 2. The molecule has 2 aromatic carbocycles. The normalized spacial score (nSPS) is 10.6. The fourth-order valence-corrected chi connectivity index (χ4v) is 2.67. The summed E-state index contributed by atoms with van der Waals surface area (Å²) in [4.78, 5) is 26.2. The highest BCUT2D eigenvalue weighted by Crippen LogP contribution is 2.16. The van der Waals surface area contributed by atoms with Crippen LogP contribution in [-0.2, 0) is 11.3 Å². The molecule has 2 amide bonds. The maximum Gasteiger partial charge on any atom is 0.291 e. The molecule has 0 aliphatic heterocycles. The van der Waals surface area contributed by atoms with Crippen LogP contribution in [0.25, 0.3) is 0 Å². The summed E-state index contributed by atoms with van der Waals surface area (Å²) >= 11 is 0. The smallest absolute Gasteiger partial charge is 0.291 e. The molecule has 138 valence electrons. The fourth-order valence-electron chi connectivity index (χ4n) is 2.67. The molecule has 1 aromatic heterocycles. The van der Waals surface area contributed by atoms with Crippen molar-refractivity contribution in [2.24, 2.45) is 0 Å². The van der Waals surface area contributed by atoms with Gasteiger partial charge >= 0.3 is 0 Å². The first kappa shape index (κ1) is 18.4. The van der Waals surface area contributed by atoms with Crippen LogP contribution in [0.1, 0.15) is 16.1 Å². The van der Waals surface area contributed by atoms with Gasteiger partial charge in [0.25, 0.3) is 5.91 Å². The van der Waals surface area contributed by atoms with E-state index in [0.29, 0.717) is 17.9 Å². The molecule has 0 spiro atoms. The second kappa shape index (κ2) is 8.82. The molecule has 3 rings (SSSR count). The first-order valence-corrected chi connectivity index (χ1v) is 8.57. The van der Waals surface area contributed by atoms with Gasteiger partial charge in [0.2, 0.25) is 5.91 Å². The van der Waals surface area contributed by atoms with E-state index in [2.05, 4.69) is 10.6 Å². The standard InChI is InChI=1S/C21H21N3O3/c1-24(14-16-7-3-2-4-8-16)15-20(25)22-17-9-5-10-18(13-17)23-21(26)19-11-6-12-27-19/h2-13H,14-15H2,1H3,(H,22,25)(H,23,26). The minimum absolute atomic E-state index is 0.122. The van der Waals surface area contributed by atoms with Crippen LogP contribution in [0.4, 0.5) is 11.4 Å². The Morgan fingerprint density at radius 1 is 0.926 bits per heavy atom. The summed E-state index contributed by atoms with van der Waals surface area (Å²) in [5.74, 6) is -0.235. The Labute approximate surface area is 157 Å². The molecule has 6 heteroatoms. The highest BCUT2D eigenvalue weighted by Gasteiger charge is 2.10. The molecule has 1 heterocycles. The summed E-state index contributed by atoms with van der Waals surface area (Å²) in [5, 5.41) is 5.59. The van der Waals surface area contributed by atoms with Crippen molar-refractivity contribution in [3.8, 4) is 0 Å². The molecule has 0 unspecified atom stereocenters. The van der Waals surface area contributed by atoms with Crippen molar-refractivity contribution in [1.29, 1.82) is 0 Å². The van der Waals surface area contributed by atoms with Gasteiger partial charge < -0.3 is 15.1 Å². The van der Waals surface area contributed by atoms with Gasteiger partial charge in [-0.1, -0.05) is 36.4 Å². The van der Waals surface area contributed by atoms with E-state index in [-0.39, 0.29) is 24.1 Å². The third-order valence-corrected chi connectivity index (χ3v) is 3.86. The Hall–Kier alpha value is -3.38. The third kappa shape index (κ3) is 5.55. The predicted molar refractivity (Wildman–Crippen MR) is 105 cm³/mol. The summed E-state index contributed by atoms with van der Waals surface area (Å²) in [5.41, 5.74) is 2.34. The van der Waals surface area contributed by atoms with E-state index in [0.717, 1.165) is 5.56 Å². The number of likely N-dealkylation sites (N-methyl/N-ethyl adjacent to an activating group) is 1. The minimum atomic E-state index is -0.342. The van der Waals surface area contributed by atoms with E-state index < -0.39 is 0 Å². The molecular weight excluding hydrogens is 342 g/mol. The first-order chi connectivity index (χ1) is 13.1. The SMILES string of the molecule is CN(CC(=O)Nc1cccc(NC(=O)c2ccco2)c1)Cc1ccccc1. The van der Waals surface area contributed by atoms with Crippen molar-refractivity contribution in [2.75, 3.05) is 24.2 Å². The Balaban J connectivity index is 1.54. The Morgan fingerprint density at radius 3 is 2.37 bits per heavy atom. The summed E-state index contributed by atoms with van der Waals surface area (Å²) < 4.78 is 5.07. The van der Waals surface area contributed by atoms with E-state index >= 15 is 0 Å². The predicted octanol–water partition coefficient (Wildman–Crippen LogP) is 3.60. The lowest BCUT2D eigenvalue weighted by Gasteiger charge is -2.16. The Bertz CT molecular complexity index is 892. The van der Waals surface area contributed by atoms with Crippen molar-refractivity contribution in [3.05, 3.63) is 84.3 Å². The molecule has 0 fully saturated rings. The van der Waals surface area contributed by atoms with Gasteiger partial charge in [-0.2, -0.15) is 0 Å². The number of furan rings is 1. The molecule has 0 saturated carbocycles. The number of carbonyl (C=O) groups excluding carboxylic acids is 2. The second-order valence-corrected chi connectivity index (χ2v) is 6.22. The number of benzene rings is 2. The van der Waals surface area contributed by atoms with Gasteiger partial charge in [0.15, 0.2) is 5.76 Å². The summed E-state index contributed by atoms with van der Waals surface area (Å²) in [6.07, 6.45) is 1.44. The van der Waals surface area contributed by atoms with Crippen LogP contribution in [0.5, 0.6) is 0 Å². The highest BCUT2D eigenvalue weighted by atomic mass is 16.3. The van der Waals surface area contributed by atoms with Gasteiger partial charge in [0, 0.05) is 17.9 Å². The van der Waals surface area contributed by atoms with Gasteiger partial charge in [-0.25, -0.2) is 0 Å². The zero-order valence-electron chi connectivity index (χ0n) is 15.0. The maximum atomic E-state index is 12.3. The number of amides is 2. The van der Waals surface area contributed by atoms with Crippen LogP contribution in [0, 0.1) is 0 Å². The number of hydrogen-bond acceptors (Lipinski definition) is 4. The average Bonchev–Trinajstić information content (AvgIpc) is 3.17. The molecule has 0 aliphatic rings. The molecule has 27 heavy (non-hydrogen) atoms. The molecule has 0 radical (unpaired) electrons. The largest absolute Gasteiger partial charge is 0.459 e. The molecule has 3 aromatic rings. The van der Waals surface area contributed by atoms with E-state index in [1.807, 2.05) is 42.3 Å². The molecule has 0 bridgehead atoms. The van der Waals surface area contributed by atoms with Gasteiger partial charge in [0.05, 0.1) is 12.8 Å². The zero-order chi connectivity index (χ0) is 19.1. The molecule has 0 aliphatic carbocycles. The van der Waals surface area contributed by atoms with Crippen LogP contribution < -0.4 is 10.6 Å². The van der Waals surface area contributed by atoms with Crippen LogP contribution in [0.2, 0.25) is 0 Å². The van der Waals surface area contributed by atoms with Crippen LogP contribution >= 0.6 is 0 Å². The number of rotatable bonds is 7. The monoisotopic (exact) mass is 363 g/mol. The Morgan fingerprint density at radius 2 is 1.67 bits per heavy atom. The minimum Gasteiger partial charge on any atom is -0.459 e. The summed E-state index contributed by atoms with van der Waals surface area (Å²) in [6, 6.07) is 20.2. The Kier molecular flexibility index (Phi) is 6.02. The van der Waals surface area contributed by atoms with Crippen molar-refractivity contribution >= 4 is 23.2 Å². The van der Waals surface area contributed by atoms with Gasteiger partial charge in [-0.15, -0.1) is 0 Å². The number of carbonyl (C=O) groups is 2. The van der Waals surface area contributed by atoms with E-state index in [1.165, 1.54) is 6.26 Å². The molecule has 0 saturated heterocycles. The quantitative estimate of drug-likeness (QED) is 0.673. The molecular formula is C21H21N3O3. The highest BCUT2D eigenvalue weighted by molar-refractivity contribution is 6.02. The molecule has 6 nitrogen and oxygen atoms in total. The average molecular weight is 363 g/mol. The number of nitrogens with one attached hydrogen (secondary N) is 2.